The predicted molar refractivity (Wildman–Crippen MR) is 84.9 cm³/mol. The number of carbonyl (C=O) groups is 1. The highest BCUT2D eigenvalue weighted by Crippen LogP contribution is 2.21. The Morgan fingerprint density at radius 3 is 2.35 bits per heavy atom. The van der Waals surface area contributed by atoms with E-state index in [1.54, 1.807) is 6.08 Å². The van der Waals surface area contributed by atoms with Crippen molar-refractivity contribution in [2.75, 3.05) is 0 Å². The van der Waals surface area contributed by atoms with Gasteiger partial charge < -0.3 is 4.74 Å². The van der Waals surface area contributed by atoms with Crippen molar-refractivity contribution in [2.24, 2.45) is 4.99 Å². The van der Waals surface area contributed by atoms with Gasteiger partial charge in [-0.2, -0.15) is 0 Å². The van der Waals surface area contributed by atoms with Crippen LogP contribution in [0.2, 0.25) is 0 Å². The molecule has 2 aromatic rings. The minimum Gasteiger partial charge on any atom is -0.402 e. The Balaban J connectivity index is 1.88. The number of rotatable bonds is 3. The molecule has 0 aromatic heterocycles. The molecule has 6 heteroatoms. The summed E-state index contributed by atoms with van der Waals surface area (Å²) in [5.41, 5.74) is 2.64. The molecule has 1 aliphatic rings. The zero-order valence-corrected chi connectivity index (χ0v) is 12.2. The van der Waals surface area contributed by atoms with Gasteiger partial charge in [0, 0.05) is 17.7 Å². The summed E-state index contributed by atoms with van der Waals surface area (Å²) < 4.78 is 5.13. The van der Waals surface area contributed by atoms with Crippen molar-refractivity contribution in [3.05, 3.63) is 81.0 Å². The van der Waals surface area contributed by atoms with Gasteiger partial charge in [0.2, 0.25) is 5.90 Å². The molecule has 0 spiro atoms. The maximum atomic E-state index is 11.9. The van der Waals surface area contributed by atoms with Crippen LogP contribution in [0.15, 0.2) is 59.2 Å². The lowest BCUT2D eigenvalue weighted by atomic mass is 10.1. The number of aliphatic imine (C=N–C) groups is 1. The molecule has 0 atom stereocenters. The van der Waals surface area contributed by atoms with Crippen LogP contribution in [0, 0.1) is 17.0 Å². The topological polar surface area (TPSA) is 81.8 Å². The second-order valence-corrected chi connectivity index (χ2v) is 5.05. The van der Waals surface area contributed by atoms with Gasteiger partial charge >= 0.3 is 5.97 Å². The molecular formula is C17H12N2O4. The first kappa shape index (κ1) is 14.6. The Hall–Kier alpha value is -3.28. The van der Waals surface area contributed by atoms with E-state index in [9.17, 15) is 14.9 Å². The molecule has 0 bridgehead atoms. The number of benzene rings is 2. The lowest BCUT2D eigenvalue weighted by Gasteiger charge is -1.98. The zero-order valence-electron chi connectivity index (χ0n) is 12.2. The van der Waals surface area contributed by atoms with Crippen LogP contribution in [0.4, 0.5) is 5.69 Å². The molecule has 0 N–H and O–H groups in total. The number of carbonyl (C=O) groups excluding carboxylic acids is 1. The van der Waals surface area contributed by atoms with E-state index >= 15 is 0 Å². The van der Waals surface area contributed by atoms with Crippen LogP contribution in [0.25, 0.3) is 6.08 Å². The number of nitrogens with zero attached hydrogens (tertiary/aromatic N) is 2. The first-order valence-electron chi connectivity index (χ1n) is 6.87. The smallest absolute Gasteiger partial charge is 0.363 e. The number of esters is 1. The van der Waals surface area contributed by atoms with E-state index in [1.807, 2.05) is 31.2 Å². The van der Waals surface area contributed by atoms with E-state index < -0.39 is 10.9 Å². The number of nitro benzene ring substituents is 1. The number of hydrogen-bond acceptors (Lipinski definition) is 5. The maximum absolute atomic E-state index is 11.9. The molecule has 114 valence electrons. The molecule has 0 saturated heterocycles. The minimum atomic E-state index is -0.543. The normalized spacial score (nSPS) is 15.4. The van der Waals surface area contributed by atoms with E-state index in [2.05, 4.69) is 4.99 Å². The van der Waals surface area contributed by atoms with Gasteiger partial charge in [0.1, 0.15) is 0 Å². The Morgan fingerprint density at radius 1 is 1.09 bits per heavy atom. The fourth-order valence-electron chi connectivity index (χ4n) is 2.08. The Morgan fingerprint density at radius 2 is 1.74 bits per heavy atom. The zero-order chi connectivity index (χ0) is 16.4. The standard InChI is InChI=1S/C17H12N2O4/c1-11-2-4-12(5-3-11)10-15-17(20)23-16(18-15)13-6-8-14(9-7-13)19(21)22/h2-10H,1H3/b15-10+. The van der Waals surface area contributed by atoms with Crippen LogP contribution < -0.4 is 0 Å². The SMILES string of the molecule is Cc1ccc(/C=C2/N=C(c3ccc([N+](=O)[O-])cc3)OC2=O)cc1. The molecule has 23 heavy (non-hydrogen) atoms. The van der Waals surface area contributed by atoms with Crippen LogP contribution in [-0.2, 0) is 9.53 Å². The van der Waals surface area contributed by atoms with Crippen LogP contribution in [0.3, 0.4) is 0 Å². The van der Waals surface area contributed by atoms with E-state index in [-0.39, 0.29) is 17.3 Å². The number of hydrogen-bond donors (Lipinski definition) is 0. The van der Waals surface area contributed by atoms with Crippen molar-refractivity contribution in [2.45, 2.75) is 6.92 Å². The number of non-ortho nitro benzene ring substituents is 1. The number of aryl methyl sites for hydroxylation is 1. The van der Waals surface area contributed by atoms with E-state index in [1.165, 1.54) is 24.3 Å². The summed E-state index contributed by atoms with van der Waals surface area (Å²) >= 11 is 0. The summed E-state index contributed by atoms with van der Waals surface area (Å²) in [6.07, 6.45) is 1.64. The van der Waals surface area contributed by atoms with E-state index in [0.717, 1.165) is 11.1 Å². The summed E-state index contributed by atoms with van der Waals surface area (Å²) in [5.74, 6) is -0.401. The number of ether oxygens (including phenoxy) is 1. The molecule has 0 radical (unpaired) electrons. The summed E-state index contributed by atoms with van der Waals surface area (Å²) in [6.45, 7) is 1.98. The first-order valence-corrected chi connectivity index (χ1v) is 6.87. The second-order valence-electron chi connectivity index (χ2n) is 5.05. The molecule has 3 rings (SSSR count). The molecular weight excluding hydrogens is 296 g/mol. The van der Waals surface area contributed by atoms with Crippen molar-refractivity contribution in [3.63, 3.8) is 0 Å². The Bertz CT molecular complexity index is 834. The van der Waals surface area contributed by atoms with Gasteiger partial charge in [-0.05, 0) is 30.7 Å². The third-order valence-electron chi connectivity index (χ3n) is 3.33. The fraction of sp³-hybridized carbons (Fsp3) is 0.0588. The predicted octanol–water partition coefficient (Wildman–Crippen LogP) is 3.25. The van der Waals surface area contributed by atoms with Gasteiger partial charge in [-0.3, -0.25) is 10.1 Å². The molecule has 0 amide bonds. The van der Waals surface area contributed by atoms with E-state index in [4.69, 9.17) is 4.74 Å². The highest BCUT2D eigenvalue weighted by molar-refractivity contribution is 6.12. The lowest BCUT2D eigenvalue weighted by Crippen LogP contribution is -2.05. The highest BCUT2D eigenvalue weighted by Gasteiger charge is 2.24. The average Bonchev–Trinajstić information content (AvgIpc) is 2.91. The molecule has 1 heterocycles. The monoisotopic (exact) mass is 308 g/mol. The Kier molecular flexibility index (Phi) is 3.72. The van der Waals surface area contributed by atoms with Crippen molar-refractivity contribution in [1.29, 1.82) is 0 Å². The summed E-state index contributed by atoms with van der Waals surface area (Å²) in [7, 11) is 0. The maximum Gasteiger partial charge on any atom is 0.363 e. The molecule has 1 aliphatic heterocycles. The lowest BCUT2D eigenvalue weighted by molar-refractivity contribution is -0.384. The summed E-state index contributed by atoms with van der Waals surface area (Å²) in [6, 6.07) is 13.3. The quantitative estimate of drug-likeness (QED) is 0.377. The van der Waals surface area contributed by atoms with Gasteiger partial charge in [0.25, 0.3) is 5.69 Å². The van der Waals surface area contributed by atoms with Crippen LogP contribution >= 0.6 is 0 Å². The first-order chi connectivity index (χ1) is 11.0. The van der Waals surface area contributed by atoms with Crippen LogP contribution in [0.1, 0.15) is 16.7 Å². The van der Waals surface area contributed by atoms with Crippen LogP contribution in [-0.4, -0.2) is 16.8 Å². The molecule has 0 fully saturated rings. The molecule has 2 aromatic carbocycles. The summed E-state index contributed by atoms with van der Waals surface area (Å²) in [5, 5.41) is 10.6. The molecule has 6 nitrogen and oxygen atoms in total. The molecule has 0 aliphatic carbocycles. The molecule has 0 saturated carbocycles. The van der Waals surface area contributed by atoms with Gasteiger partial charge in [-0.25, -0.2) is 9.79 Å². The van der Waals surface area contributed by atoms with Crippen LogP contribution in [0.5, 0.6) is 0 Å². The second kappa shape index (κ2) is 5.84. The van der Waals surface area contributed by atoms with Crippen molar-refractivity contribution < 1.29 is 14.5 Å². The van der Waals surface area contributed by atoms with Crippen molar-refractivity contribution in [1.82, 2.24) is 0 Å². The van der Waals surface area contributed by atoms with Crippen molar-refractivity contribution >= 4 is 23.6 Å². The van der Waals surface area contributed by atoms with Gasteiger partial charge in [-0.15, -0.1) is 0 Å². The number of cyclic esters (lactones) is 1. The minimum absolute atomic E-state index is 0.0332. The average molecular weight is 308 g/mol. The molecule has 0 unspecified atom stereocenters. The van der Waals surface area contributed by atoms with E-state index in [0.29, 0.717) is 5.56 Å². The Labute approximate surface area is 131 Å². The number of nitro groups is 1. The largest absolute Gasteiger partial charge is 0.402 e. The highest BCUT2D eigenvalue weighted by atomic mass is 16.6. The van der Waals surface area contributed by atoms with Gasteiger partial charge in [0.15, 0.2) is 5.70 Å². The van der Waals surface area contributed by atoms with Gasteiger partial charge in [0.05, 0.1) is 4.92 Å². The fourth-order valence-corrected chi connectivity index (χ4v) is 2.08. The third kappa shape index (κ3) is 3.16. The van der Waals surface area contributed by atoms with Crippen molar-refractivity contribution in [3.8, 4) is 0 Å². The van der Waals surface area contributed by atoms with Gasteiger partial charge in [-0.1, -0.05) is 29.8 Å². The third-order valence-corrected chi connectivity index (χ3v) is 3.33. The summed E-state index contributed by atoms with van der Waals surface area (Å²) in [4.78, 5) is 26.2.